The first-order chi connectivity index (χ1) is 10.1. The van der Waals surface area contributed by atoms with Crippen molar-refractivity contribution in [2.75, 3.05) is 5.75 Å². The van der Waals surface area contributed by atoms with Crippen LogP contribution in [-0.4, -0.2) is 31.6 Å². The van der Waals surface area contributed by atoms with Crippen molar-refractivity contribution in [3.05, 3.63) is 17.5 Å². The SMILES string of the molecule is CC1(Cn2c(SCC(=O)O)nnc2-c2cccs2)CCC1. The molecule has 0 amide bonds. The van der Waals surface area contributed by atoms with Crippen LogP contribution >= 0.6 is 23.1 Å². The van der Waals surface area contributed by atoms with Crippen LogP contribution in [0.2, 0.25) is 0 Å². The molecule has 1 aliphatic carbocycles. The number of carboxylic acids is 1. The zero-order chi connectivity index (χ0) is 14.9. The molecule has 2 aromatic rings. The number of carboxylic acid groups (broad SMARTS) is 1. The summed E-state index contributed by atoms with van der Waals surface area (Å²) < 4.78 is 2.10. The number of carbonyl (C=O) groups is 1. The third kappa shape index (κ3) is 3.13. The van der Waals surface area contributed by atoms with Gasteiger partial charge in [0.1, 0.15) is 0 Å². The van der Waals surface area contributed by atoms with Gasteiger partial charge in [-0.1, -0.05) is 31.2 Å². The molecule has 2 aromatic heterocycles. The molecule has 0 aliphatic heterocycles. The lowest BCUT2D eigenvalue weighted by Gasteiger charge is -2.39. The molecule has 0 bridgehead atoms. The molecular weight excluding hydrogens is 306 g/mol. The van der Waals surface area contributed by atoms with E-state index in [1.165, 1.54) is 31.0 Å². The molecule has 5 nitrogen and oxygen atoms in total. The molecule has 0 unspecified atom stereocenters. The van der Waals surface area contributed by atoms with Gasteiger partial charge < -0.3 is 9.67 Å². The molecule has 21 heavy (non-hydrogen) atoms. The second kappa shape index (κ2) is 5.81. The van der Waals surface area contributed by atoms with Gasteiger partial charge in [0.2, 0.25) is 0 Å². The summed E-state index contributed by atoms with van der Waals surface area (Å²) in [6, 6.07) is 4.02. The smallest absolute Gasteiger partial charge is 0.313 e. The van der Waals surface area contributed by atoms with E-state index in [-0.39, 0.29) is 11.2 Å². The van der Waals surface area contributed by atoms with Gasteiger partial charge in [-0.15, -0.1) is 21.5 Å². The summed E-state index contributed by atoms with van der Waals surface area (Å²) in [5, 5.41) is 20.1. The highest BCUT2D eigenvalue weighted by atomic mass is 32.2. The van der Waals surface area contributed by atoms with Gasteiger partial charge in [0.15, 0.2) is 11.0 Å². The van der Waals surface area contributed by atoms with Crippen molar-refractivity contribution in [3.8, 4) is 10.7 Å². The van der Waals surface area contributed by atoms with Crippen LogP contribution in [0.15, 0.2) is 22.7 Å². The lowest BCUT2D eigenvalue weighted by atomic mass is 9.70. The van der Waals surface area contributed by atoms with Crippen LogP contribution in [0.5, 0.6) is 0 Å². The van der Waals surface area contributed by atoms with Crippen molar-refractivity contribution in [2.24, 2.45) is 5.41 Å². The van der Waals surface area contributed by atoms with E-state index in [1.54, 1.807) is 11.3 Å². The van der Waals surface area contributed by atoms with Gasteiger partial charge in [-0.25, -0.2) is 0 Å². The molecule has 0 aromatic carbocycles. The molecule has 0 spiro atoms. The van der Waals surface area contributed by atoms with Crippen LogP contribution < -0.4 is 0 Å². The lowest BCUT2D eigenvalue weighted by Crippen LogP contribution is -2.31. The van der Waals surface area contributed by atoms with E-state index in [4.69, 9.17) is 5.11 Å². The second-order valence-electron chi connectivity index (χ2n) is 5.72. The zero-order valence-corrected chi connectivity index (χ0v) is 13.4. The predicted octanol–water partition coefficient (Wildman–Crippen LogP) is 3.37. The fraction of sp³-hybridized carbons (Fsp3) is 0.500. The Labute approximate surface area is 131 Å². The van der Waals surface area contributed by atoms with Crippen molar-refractivity contribution in [3.63, 3.8) is 0 Å². The van der Waals surface area contributed by atoms with Crippen molar-refractivity contribution in [1.82, 2.24) is 14.8 Å². The summed E-state index contributed by atoms with van der Waals surface area (Å²) in [4.78, 5) is 11.9. The van der Waals surface area contributed by atoms with Crippen LogP contribution in [-0.2, 0) is 11.3 Å². The average Bonchev–Trinajstić information content (AvgIpc) is 3.03. The summed E-state index contributed by atoms with van der Waals surface area (Å²) in [6.45, 7) is 3.13. The van der Waals surface area contributed by atoms with Gasteiger partial charge >= 0.3 is 5.97 Å². The highest BCUT2D eigenvalue weighted by Crippen LogP contribution is 2.43. The van der Waals surface area contributed by atoms with E-state index in [2.05, 4.69) is 21.7 Å². The number of rotatable bonds is 6. The molecule has 1 saturated carbocycles. The highest BCUT2D eigenvalue weighted by molar-refractivity contribution is 7.99. The Bertz CT molecular complexity index is 633. The number of thiophene rings is 1. The second-order valence-corrected chi connectivity index (χ2v) is 7.61. The van der Waals surface area contributed by atoms with Gasteiger partial charge in [-0.2, -0.15) is 0 Å². The van der Waals surface area contributed by atoms with Gasteiger partial charge in [-0.3, -0.25) is 4.79 Å². The minimum atomic E-state index is -0.831. The van der Waals surface area contributed by atoms with E-state index in [0.29, 0.717) is 5.16 Å². The van der Waals surface area contributed by atoms with Gasteiger partial charge in [0.25, 0.3) is 0 Å². The largest absolute Gasteiger partial charge is 0.481 e. The summed E-state index contributed by atoms with van der Waals surface area (Å²) in [6.07, 6.45) is 3.68. The number of aromatic nitrogens is 3. The number of nitrogens with zero attached hydrogens (tertiary/aromatic N) is 3. The Hall–Kier alpha value is -1.34. The maximum atomic E-state index is 10.8. The fourth-order valence-electron chi connectivity index (χ4n) is 2.57. The minimum Gasteiger partial charge on any atom is -0.481 e. The Morgan fingerprint density at radius 3 is 2.90 bits per heavy atom. The van der Waals surface area contributed by atoms with Crippen molar-refractivity contribution in [1.29, 1.82) is 0 Å². The first-order valence-corrected chi connectivity index (χ1v) is 8.76. The van der Waals surface area contributed by atoms with Gasteiger partial charge in [0.05, 0.1) is 10.6 Å². The number of aliphatic carboxylic acids is 1. The Balaban J connectivity index is 1.91. The summed E-state index contributed by atoms with van der Waals surface area (Å²) in [5.41, 5.74) is 0.285. The number of thioether (sulfide) groups is 1. The van der Waals surface area contributed by atoms with Gasteiger partial charge in [-0.05, 0) is 29.7 Å². The standard InChI is InChI=1S/C14H17N3O2S2/c1-14(5-3-6-14)9-17-12(10-4-2-7-20-10)15-16-13(17)21-8-11(18)19/h2,4,7H,3,5-6,8-9H2,1H3,(H,18,19). The monoisotopic (exact) mass is 323 g/mol. The van der Waals surface area contributed by atoms with E-state index in [1.807, 2.05) is 17.5 Å². The molecule has 112 valence electrons. The summed E-state index contributed by atoms with van der Waals surface area (Å²) in [5.74, 6) is 0.0346. The Morgan fingerprint density at radius 2 is 2.33 bits per heavy atom. The molecule has 0 saturated heterocycles. The number of hydrogen-bond donors (Lipinski definition) is 1. The van der Waals surface area contributed by atoms with Crippen molar-refractivity contribution < 1.29 is 9.90 Å². The first kappa shape index (κ1) is 14.6. The van der Waals surface area contributed by atoms with Gasteiger partial charge in [0, 0.05) is 6.54 Å². The Kier molecular flexibility index (Phi) is 4.03. The molecule has 1 N–H and O–H groups in total. The molecule has 0 atom stereocenters. The van der Waals surface area contributed by atoms with E-state index >= 15 is 0 Å². The molecule has 2 heterocycles. The normalized spacial score (nSPS) is 16.6. The van der Waals surface area contributed by atoms with E-state index < -0.39 is 5.97 Å². The van der Waals surface area contributed by atoms with Crippen molar-refractivity contribution >= 4 is 29.1 Å². The molecule has 0 radical (unpaired) electrons. The summed E-state index contributed by atoms with van der Waals surface area (Å²) >= 11 is 2.87. The van der Waals surface area contributed by atoms with Crippen LogP contribution in [0.25, 0.3) is 10.7 Å². The van der Waals surface area contributed by atoms with Crippen molar-refractivity contribution in [2.45, 2.75) is 37.9 Å². The maximum absolute atomic E-state index is 10.8. The summed E-state index contributed by atoms with van der Waals surface area (Å²) in [7, 11) is 0. The fourth-order valence-corrected chi connectivity index (χ4v) is 3.95. The third-order valence-electron chi connectivity index (χ3n) is 3.88. The molecular formula is C14H17N3O2S2. The minimum absolute atomic E-state index is 0.0132. The third-order valence-corrected chi connectivity index (χ3v) is 5.70. The maximum Gasteiger partial charge on any atom is 0.313 e. The average molecular weight is 323 g/mol. The quantitative estimate of drug-likeness (QED) is 0.826. The Morgan fingerprint density at radius 1 is 1.52 bits per heavy atom. The van der Waals surface area contributed by atoms with Crippen LogP contribution in [0.4, 0.5) is 0 Å². The number of hydrogen-bond acceptors (Lipinski definition) is 5. The predicted molar refractivity (Wildman–Crippen MR) is 83.7 cm³/mol. The molecule has 1 fully saturated rings. The van der Waals surface area contributed by atoms with Crippen LogP contribution in [0.1, 0.15) is 26.2 Å². The highest BCUT2D eigenvalue weighted by Gasteiger charge is 2.34. The lowest BCUT2D eigenvalue weighted by molar-refractivity contribution is -0.133. The first-order valence-electron chi connectivity index (χ1n) is 6.89. The van der Waals surface area contributed by atoms with Crippen LogP contribution in [0.3, 0.4) is 0 Å². The topological polar surface area (TPSA) is 68.0 Å². The molecule has 3 rings (SSSR count). The van der Waals surface area contributed by atoms with Crippen LogP contribution in [0, 0.1) is 5.41 Å². The zero-order valence-electron chi connectivity index (χ0n) is 11.8. The molecule has 1 aliphatic rings. The molecule has 7 heteroatoms. The van der Waals surface area contributed by atoms with E-state index in [0.717, 1.165) is 17.2 Å². The van der Waals surface area contributed by atoms with E-state index in [9.17, 15) is 4.79 Å².